The molecule has 0 saturated carbocycles. The van der Waals surface area contributed by atoms with E-state index in [1.807, 2.05) is 40.1 Å². The summed E-state index contributed by atoms with van der Waals surface area (Å²) in [6, 6.07) is 15.3. The molecule has 0 N–H and O–H groups in total. The quantitative estimate of drug-likeness (QED) is 0.760. The fraction of sp³-hybridized carbons (Fsp3) is 0.417. The molecule has 2 atom stereocenters. The van der Waals surface area contributed by atoms with E-state index in [2.05, 4.69) is 13.8 Å². The topological polar surface area (TPSA) is 59.1 Å². The number of fused-ring (bicyclic) bond motifs is 1. The average molecular weight is 408 g/mol. The van der Waals surface area contributed by atoms with Crippen LogP contribution in [0.3, 0.4) is 0 Å². The SMILES string of the molecule is CCC(C)C(C(=O)N1CCN(C(=O)c2ccc3c(c2)OCO3)CC1)c1ccccc1. The van der Waals surface area contributed by atoms with Gasteiger partial charge in [0.05, 0.1) is 5.92 Å². The predicted molar refractivity (Wildman–Crippen MR) is 114 cm³/mol. The van der Waals surface area contributed by atoms with Crippen molar-refractivity contribution in [3.8, 4) is 11.5 Å². The smallest absolute Gasteiger partial charge is 0.254 e. The second-order valence-corrected chi connectivity index (χ2v) is 7.96. The highest BCUT2D eigenvalue weighted by Gasteiger charge is 2.33. The van der Waals surface area contributed by atoms with Crippen LogP contribution in [0.25, 0.3) is 0 Å². The number of hydrogen-bond acceptors (Lipinski definition) is 4. The second-order valence-electron chi connectivity index (χ2n) is 7.96. The molecule has 0 radical (unpaired) electrons. The number of piperazine rings is 1. The van der Waals surface area contributed by atoms with Crippen LogP contribution in [0.2, 0.25) is 0 Å². The van der Waals surface area contributed by atoms with Crippen LogP contribution < -0.4 is 9.47 Å². The zero-order valence-corrected chi connectivity index (χ0v) is 17.5. The van der Waals surface area contributed by atoms with E-state index in [1.165, 1.54) is 0 Å². The van der Waals surface area contributed by atoms with Crippen molar-refractivity contribution in [1.29, 1.82) is 0 Å². The van der Waals surface area contributed by atoms with Gasteiger partial charge < -0.3 is 19.3 Å². The van der Waals surface area contributed by atoms with Gasteiger partial charge in [0.2, 0.25) is 12.7 Å². The van der Waals surface area contributed by atoms with Gasteiger partial charge in [0, 0.05) is 31.7 Å². The lowest BCUT2D eigenvalue weighted by atomic mass is 9.84. The minimum absolute atomic E-state index is 0.0399. The van der Waals surface area contributed by atoms with Crippen molar-refractivity contribution in [2.45, 2.75) is 26.2 Å². The summed E-state index contributed by atoms with van der Waals surface area (Å²) in [5, 5.41) is 0. The van der Waals surface area contributed by atoms with Crippen LogP contribution in [0, 0.1) is 5.92 Å². The predicted octanol–water partition coefficient (Wildman–Crippen LogP) is 3.53. The van der Waals surface area contributed by atoms with Crippen LogP contribution in [0.15, 0.2) is 48.5 Å². The summed E-state index contributed by atoms with van der Waals surface area (Å²) in [5.41, 5.74) is 1.65. The molecule has 0 bridgehead atoms. The van der Waals surface area contributed by atoms with Crippen LogP contribution in [0.5, 0.6) is 11.5 Å². The van der Waals surface area contributed by atoms with Crippen LogP contribution in [0.1, 0.15) is 42.1 Å². The van der Waals surface area contributed by atoms with Crippen LogP contribution >= 0.6 is 0 Å². The van der Waals surface area contributed by atoms with Crippen LogP contribution in [-0.4, -0.2) is 54.6 Å². The highest BCUT2D eigenvalue weighted by Crippen LogP contribution is 2.33. The van der Waals surface area contributed by atoms with Gasteiger partial charge in [0.15, 0.2) is 11.5 Å². The van der Waals surface area contributed by atoms with Crippen molar-refractivity contribution in [3.63, 3.8) is 0 Å². The number of ether oxygens (including phenoxy) is 2. The first-order valence-electron chi connectivity index (χ1n) is 10.6. The Bertz CT molecular complexity index is 907. The van der Waals surface area contributed by atoms with E-state index >= 15 is 0 Å². The largest absolute Gasteiger partial charge is 0.454 e. The Labute approximate surface area is 177 Å². The summed E-state index contributed by atoms with van der Waals surface area (Å²) in [7, 11) is 0. The molecule has 0 aliphatic carbocycles. The van der Waals surface area contributed by atoms with E-state index in [4.69, 9.17) is 9.47 Å². The number of carbonyl (C=O) groups is 2. The molecule has 2 unspecified atom stereocenters. The fourth-order valence-corrected chi connectivity index (χ4v) is 4.15. The third-order valence-electron chi connectivity index (χ3n) is 6.14. The van der Waals surface area contributed by atoms with Crippen LogP contribution in [-0.2, 0) is 4.79 Å². The number of rotatable bonds is 5. The lowest BCUT2D eigenvalue weighted by Gasteiger charge is -2.37. The molecule has 158 valence electrons. The van der Waals surface area contributed by atoms with E-state index in [1.54, 1.807) is 18.2 Å². The molecule has 2 aromatic carbocycles. The second kappa shape index (κ2) is 8.78. The Balaban J connectivity index is 1.42. The van der Waals surface area contributed by atoms with Crippen molar-refractivity contribution >= 4 is 11.8 Å². The van der Waals surface area contributed by atoms with Gasteiger partial charge in [-0.1, -0.05) is 50.6 Å². The molecule has 30 heavy (non-hydrogen) atoms. The maximum atomic E-state index is 13.4. The summed E-state index contributed by atoms with van der Waals surface area (Å²) in [5.74, 6) is 1.50. The number of benzene rings is 2. The fourth-order valence-electron chi connectivity index (χ4n) is 4.15. The van der Waals surface area contributed by atoms with Gasteiger partial charge in [0.25, 0.3) is 5.91 Å². The molecule has 0 spiro atoms. The summed E-state index contributed by atoms with van der Waals surface area (Å²) in [4.78, 5) is 30.0. The van der Waals surface area contributed by atoms with Crippen molar-refractivity contribution in [1.82, 2.24) is 9.80 Å². The van der Waals surface area contributed by atoms with Gasteiger partial charge in [-0.05, 0) is 29.7 Å². The number of nitrogens with zero attached hydrogens (tertiary/aromatic N) is 2. The Kier molecular flexibility index (Phi) is 5.93. The Morgan fingerprint density at radius 2 is 1.60 bits per heavy atom. The van der Waals surface area contributed by atoms with Gasteiger partial charge in [-0.25, -0.2) is 0 Å². The molecule has 2 aliphatic heterocycles. The van der Waals surface area contributed by atoms with E-state index in [0.29, 0.717) is 43.2 Å². The van der Waals surface area contributed by atoms with E-state index in [9.17, 15) is 9.59 Å². The first kappa shape index (κ1) is 20.3. The first-order valence-corrected chi connectivity index (χ1v) is 10.6. The highest BCUT2D eigenvalue weighted by atomic mass is 16.7. The Hall–Kier alpha value is -3.02. The molecule has 2 heterocycles. The standard InChI is InChI=1S/C24H28N2O4/c1-3-17(2)22(18-7-5-4-6-8-18)24(28)26-13-11-25(12-14-26)23(27)19-9-10-20-21(15-19)30-16-29-20/h4-10,15,17,22H,3,11-14,16H2,1-2H3. The number of hydrogen-bond donors (Lipinski definition) is 0. The lowest BCUT2D eigenvalue weighted by molar-refractivity contribution is -0.135. The highest BCUT2D eigenvalue weighted by molar-refractivity contribution is 5.95. The summed E-state index contributed by atoms with van der Waals surface area (Å²) in [6.07, 6.45) is 0.938. The molecular formula is C24H28N2O4. The Morgan fingerprint density at radius 3 is 2.30 bits per heavy atom. The van der Waals surface area contributed by atoms with Gasteiger partial charge in [-0.2, -0.15) is 0 Å². The molecular weight excluding hydrogens is 380 g/mol. The molecule has 2 amide bonds. The van der Waals surface area contributed by atoms with Gasteiger partial charge in [-0.3, -0.25) is 9.59 Å². The minimum atomic E-state index is -0.146. The van der Waals surface area contributed by atoms with Crippen molar-refractivity contribution in [3.05, 3.63) is 59.7 Å². The normalized spacial score (nSPS) is 17.5. The van der Waals surface area contributed by atoms with E-state index in [-0.39, 0.29) is 30.4 Å². The molecule has 0 aromatic heterocycles. The molecule has 1 saturated heterocycles. The molecule has 4 rings (SSSR count). The van der Waals surface area contributed by atoms with Gasteiger partial charge in [0.1, 0.15) is 0 Å². The molecule has 6 nitrogen and oxygen atoms in total. The molecule has 2 aromatic rings. The molecule has 1 fully saturated rings. The van der Waals surface area contributed by atoms with Crippen LogP contribution in [0.4, 0.5) is 0 Å². The van der Waals surface area contributed by atoms with Gasteiger partial charge in [-0.15, -0.1) is 0 Å². The first-order chi connectivity index (χ1) is 14.6. The minimum Gasteiger partial charge on any atom is -0.454 e. The van der Waals surface area contributed by atoms with Crippen molar-refractivity contribution in [2.75, 3.05) is 33.0 Å². The zero-order valence-electron chi connectivity index (χ0n) is 17.5. The third-order valence-corrected chi connectivity index (χ3v) is 6.14. The van der Waals surface area contributed by atoms with Crippen molar-refractivity contribution in [2.24, 2.45) is 5.92 Å². The monoisotopic (exact) mass is 408 g/mol. The summed E-state index contributed by atoms with van der Waals surface area (Å²) >= 11 is 0. The zero-order chi connectivity index (χ0) is 21.1. The molecule has 2 aliphatic rings. The van der Waals surface area contributed by atoms with E-state index in [0.717, 1.165) is 12.0 Å². The third kappa shape index (κ3) is 3.99. The number of amides is 2. The maximum absolute atomic E-state index is 13.4. The maximum Gasteiger partial charge on any atom is 0.254 e. The Morgan fingerprint density at radius 1 is 0.933 bits per heavy atom. The summed E-state index contributed by atoms with van der Waals surface area (Å²) in [6.45, 7) is 6.60. The molecule has 6 heteroatoms. The number of carbonyl (C=O) groups excluding carboxylic acids is 2. The van der Waals surface area contributed by atoms with Crippen molar-refractivity contribution < 1.29 is 19.1 Å². The average Bonchev–Trinajstić information content (AvgIpc) is 3.27. The van der Waals surface area contributed by atoms with E-state index < -0.39 is 0 Å². The summed E-state index contributed by atoms with van der Waals surface area (Å²) < 4.78 is 10.7. The lowest BCUT2D eigenvalue weighted by Crippen LogP contribution is -2.52. The van der Waals surface area contributed by atoms with Gasteiger partial charge >= 0.3 is 0 Å².